The molecule has 2 fully saturated rings. The number of nitrogens with one attached hydrogen (secondary N) is 2. The summed E-state index contributed by atoms with van der Waals surface area (Å²) >= 11 is 0. The third kappa shape index (κ3) is 7.06. The maximum Gasteiger partial charge on any atom is 0.243 e. The van der Waals surface area contributed by atoms with Crippen LogP contribution < -0.4 is 10.6 Å². The first kappa shape index (κ1) is 26.1. The number of piperazine rings is 1. The van der Waals surface area contributed by atoms with Crippen molar-refractivity contribution in [2.45, 2.75) is 24.3 Å². The van der Waals surface area contributed by atoms with Crippen LogP contribution in [-0.2, 0) is 19.6 Å². The Morgan fingerprint density at radius 1 is 1.24 bits per heavy atom. The molecule has 1 unspecified atom stereocenters. The van der Waals surface area contributed by atoms with Gasteiger partial charge in [0.15, 0.2) is 0 Å². The number of hydrogen-bond acceptors (Lipinski definition) is 6. The fourth-order valence-corrected chi connectivity index (χ4v) is 4.82. The largest absolute Gasteiger partial charge is 0.378 e. The van der Waals surface area contributed by atoms with E-state index in [1.165, 1.54) is 10.4 Å². The quantitative estimate of drug-likeness (QED) is 0.650. The summed E-state index contributed by atoms with van der Waals surface area (Å²) in [7, 11) is -3.56. The lowest BCUT2D eigenvalue weighted by Gasteiger charge is -2.33. The molecule has 2 aliphatic rings. The molecule has 8 nitrogen and oxygen atoms in total. The van der Waals surface area contributed by atoms with Gasteiger partial charge in [0, 0.05) is 50.9 Å². The highest BCUT2D eigenvalue weighted by Crippen LogP contribution is 2.21. The molecule has 1 atom stereocenters. The maximum atomic E-state index is 12.9. The Hall–Kier alpha value is -0.940. The minimum atomic E-state index is -3.56. The summed E-state index contributed by atoms with van der Waals surface area (Å²) in [4.78, 5) is 14.7. The Bertz CT molecular complexity index is 752. The van der Waals surface area contributed by atoms with Gasteiger partial charge in [-0.15, -0.1) is 24.8 Å². The molecule has 0 saturated carbocycles. The third-order valence-electron chi connectivity index (χ3n) is 4.96. The lowest BCUT2D eigenvalue weighted by atomic mass is 10.2. The monoisotopic (exact) mass is 468 g/mol. The summed E-state index contributed by atoms with van der Waals surface area (Å²) in [6, 6.07) is 6.46. The number of benzene rings is 1. The van der Waals surface area contributed by atoms with Gasteiger partial charge in [-0.25, -0.2) is 8.42 Å². The fourth-order valence-electron chi connectivity index (χ4n) is 3.36. The van der Waals surface area contributed by atoms with Crippen LogP contribution in [0.3, 0.4) is 0 Å². The maximum absolute atomic E-state index is 12.9. The van der Waals surface area contributed by atoms with E-state index >= 15 is 0 Å². The molecule has 0 radical (unpaired) electrons. The van der Waals surface area contributed by atoms with E-state index in [2.05, 4.69) is 22.5 Å². The number of rotatable bonds is 6. The van der Waals surface area contributed by atoms with E-state index in [1.807, 2.05) is 0 Å². The number of likely N-dealkylation sites (N-methyl/N-ethyl adjacent to an activating group) is 1. The second kappa shape index (κ2) is 12.0. The van der Waals surface area contributed by atoms with Crippen molar-refractivity contribution in [3.8, 4) is 0 Å². The molecule has 2 aliphatic heterocycles. The zero-order chi connectivity index (χ0) is 19.3. The Labute approximate surface area is 185 Å². The van der Waals surface area contributed by atoms with E-state index in [9.17, 15) is 13.2 Å². The SMILES string of the molecule is CCN1CCN(S(=O)(=O)c2cccc(NC(=O)CC3COCCN3)c2)CC1.Cl.Cl. The minimum absolute atomic E-state index is 0. The smallest absolute Gasteiger partial charge is 0.243 e. The fraction of sp³-hybridized carbons (Fsp3) is 0.611. The van der Waals surface area contributed by atoms with Gasteiger partial charge in [-0.3, -0.25) is 4.79 Å². The van der Waals surface area contributed by atoms with Gasteiger partial charge >= 0.3 is 0 Å². The average molecular weight is 469 g/mol. The van der Waals surface area contributed by atoms with E-state index in [4.69, 9.17) is 4.74 Å². The lowest BCUT2D eigenvalue weighted by molar-refractivity contribution is -0.117. The second-order valence-electron chi connectivity index (χ2n) is 6.84. The number of nitrogens with zero attached hydrogens (tertiary/aromatic N) is 2. The first-order chi connectivity index (χ1) is 13.0. The lowest BCUT2D eigenvalue weighted by Crippen LogP contribution is -2.48. The van der Waals surface area contributed by atoms with Crippen molar-refractivity contribution in [3.05, 3.63) is 24.3 Å². The third-order valence-corrected chi connectivity index (χ3v) is 6.86. The van der Waals surface area contributed by atoms with Crippen molar-refractivity contribution < 1.29 is 17.9 Å². The van der Waals surface area contributed by atoms with Gasteiger partial charge in [-0.05, 0) is 24.7 Å². The van der Waals surface area contributed by atoms with Crippen molar-refractivity contribution >= 4 is 46.4 Å². The van der Waals surface area contributed by atoms with Crippen molar-refractivity contribution in [2.24, 2.45) is 0 Å². The molecule has 3 rings (SSSR count). The van der Waals surface area contributed by atoms with Crippen LogP contribution in [0.1, 0.15) is 13.3 Å². The van der Waals surface area contributed by atoms with Gasteiger partial charge in [0.1, 0.15) is 0 Å². The van der Waals surface area contributed by atoms with Crippen molar-refractivity contribution in [3.63, 3.8) is 0 Å². The predicted molar refractivity (Wildman–Crippen MR) is 118 cm³/mol. The summed E-state index contributed by atoms with van der Waals surface area (Å²) in [6.45, 7) is 7.35. The molecule has 2 saturated heterocycles. The van der Waals surface area contributed by atoms with Crippen LogP contribution in [0, 0.1) is 0 Å². The Kier molecular flexibility index (Phi) is 10.8. The zero-order valence-electron chi connectivity index (χ0n) is 16.5. The summed E-state index contributed by atoms with van der Waals surface area (Å²) in [6.07, 6.45) is 0.288. The van der Waals surface area contributed by atoms with E-state index in [1.54, 1.807) is 18.2 Å². The molecule has 0 spiro atoms. The first-order valence-electron chi connectivity index (χ1n) is 9.42. The van der Waals surface area contributed by atoms with E-state index in [0.717, 1.165) is 26.2 Å². The Morgan fingerprint density at radius 3 is 2.59 bits per heavy atom. The normalized spacial score (nSPS) is 20.9. The van der Waals surface area contributed by atoms with Gasteiger partial charge in [-0.2, -0.15) is 4.31 Å². The Balaban J connectivity index is 0.00000210. The van der Waals surface area contributed by atoms with Gasteiger partial charge in [0.25, 0.3) is 0 Å². The molecule has 0 bridgehead atoms. The second-order valence-corrected chi connectivity index (χ2v) is 8.78. The first-order valence-corrected chi connectivity index (χ1v) is 10.9. The average Bonchev–Trinajstić information content (AvgIpc) is 2.69. The molecule has 0 aliphatic carbocycles. The van der Waals surface area contributed by atoms with Crippen LogP contribution in [0.25, 0.3) is 0 Å². The van der Waals surface area contributed by atoms with Gasteiger partial charge in [-0.1, -0.05) is 13.0 Å². The molecule has 2 heterocycles. The van der Waals surface area contributed by atoms with Crippen molar-refractivity contribution in [1.82, 2.24) is 14.5 Å². The summed E-state index contributed by atoms with van der Waals surface area (Å²) in [5, 5.41) is 6.03. The highest BCUT2D eigenvalue weighted by Gasteiger charge is 2.28. The number of carbonyl (C=O) groups excluding carboxylic acids is 1. The highest BCUT2D eigenvalue weighted by molar-refractivity contribution is 7.89. The van der Waals surface area contributed by atoms with Crippen LogP contribution in [0.4, 0.5) is 5.69 Å². The van der Waals surface area contributed by atoms with Crippen LogP contribution in [-0.4, -0.2) is 82.1 Å². The molecular weight excluding hydrogens is 439 g/mol. The Morgan fingerprint density at radius 2 is 1.97 bits per heavy atom. The van der Waals surface area contributed by atoms with Gasteiger partial charge in [0.05, 0.1) is 18.1 Å². The summed E-state index contributed by atoms with van der Waals surface area (Å²) in [5.74, 6) is -0.163. The number of morpholine rings is 1. The highest BCUT2D eigenvalue weighted by atomic mass is 35.5. The van der Waals surface area contributed by atoms with Gasteiger partial charge < -0.3 is 20.3 Å². The molecule has 11 heteroatoms. The van der Waals surface area contributed by atoms with Crippen molar-refractivity contribution in [1.29, 1.82) is 0 Å². The summed E-state index contributed by atoms with van der Waals surface area (Å²) in [5.41, 5.74) is 0.491. The minimum Gasteiger partial charge on any atom is -0.378 e. The number of hydrogen-bond donors (Lipinski definition) is 2. The molecular formula is C18H30Cl2N4O4S. The predicted octanol–water partition coefficient (Wildman–Crippen LogP) is 1.17. The van der Waals surface area contributed by atoms with E-state index in [-0.39, 0.29) is 48.1 Å². The van der Waals surface area contributed by atoms with Crippen molar-refractivity contribution in [2.75, 3.05) is 57.8 Å². The van der Waals surface area contributed by atoms with E-state index in [0.29, 0.717) is 32.0 Å². The number of sulfonamides is 1. The zero-order valence-corrected chi connectivity index (χ0v) is 19.0. The number of halogens is 2. The van der Waals surface area contributed by atoms with Crippen LogP contribution in [0.5, 0.6) is 0 Å². The number of anilines is 1. The standard InChI is InChI=1S/C18H28N4O4S.2ClH/c1-2-21-7-9-22(10-8-21)27(24,25)17-5-3-4-15(12-17)20-18(23)13-16-14-26-11-6-19-16;;/h3-5,12,16,19H,2,6-11,13-14H2,1H3,(H,20,23);2*1H. The molecule has 2 N–H and O–H groups in total. The molecule has 29 heavy (non-hydrogen) atoms. The van der Waals surface area contributed by atoms with Gasteiger partial charge in [0.2, 0.25) is 15.9 Å². The molecule has 1 aromatic rings. The van der Waals surface area contributed by atoms with Crippen LogP contribution >= 0.6 is 24.8 Å². The molecule has 1 amide bonds. The number of amides is 1. The van der Waals surface area contributed by atoms with Crippen LogP contribution in [0.15, 0.2) is 29.2 Å². The molecule has 1 aromatic carbocycles. The molecule has 166 valence electrons. The van der Waals surface area contributed by atoms with E-state index < -0.39 is 10.0 Å². The number of carbonyl (C=O) groups is 1. The summed E-state index contributed by atoms with van der Waals surface area (Å²) < 4.78 is 32.7. The van der Waals surface area contributed by atoms with Crippen LogP contribution in [0.2, 0.25) is 0 Å². The number of ether oxygens (including phenoxy) is 1. The topological polar surface area (TPSA) is 91.0 Å². The molecule has 0 aromatic heterocycles.